The van der Waals surface area contributed by atoms with Gasteiger partial charge in [-0.25, -0.2) is 13.1 Å². The molecule has 1 aromatic rings. The number of hydrogen-bond acceptors (Lipinski definition) is 3. The maximum Gasteiger partial charge on any atom is 0.240 e. The van der Waals surface area contributed by atoms with E-state index in [1.807, 2.05) is 13.0 Å². The summed E-state index contributed by atoms with van der Waals surface area (Å²) in [4.78, 5) is 0.318. The molecular formula is C16H26N2O2S. The van der Waals surface area contributed by atoms with Gasteiger partial charge in [-0.15, -0.1) is 0 Å². The summed E-state index contributed by atoms with van der Waals surface area (Å²) in [6.07, 6.45) is 7.90. The maximum atomic E-state index is 11.9. The molecule has 0 spiro atoms. The molecule has 0 atom stereocenters. The van der Waals surface area contributed by atoms with E-state index in [4.69, 9.17) is 0 Å². The molecule has 1 saturated carbocycles. The van der Waals surface area contributed by atoms with Crippen LogP contribution in [-0.4, -0.2) is 22.0 Å². The first-order chi connectivity index (χ1) is 10.0. The molecule has 0 unspecified atom stereocenters. The van der Waals surface area contributed by atoms with Gasteiger partial charge >= 0.3 is 0 Å². The molecule has 0 aliphatic heterocycles. The van der Waals surface area contributed by atoms with Crippen LogP contribution >= 0.6 is 0 Å². The van der Waals surface area contributed by atoms with Gasteiger partial charge in [-0.05, 0) is 50.4 Å². The molecule has 0 radical (unpaired) electrons. The Morgan fingerprint density at radius 3 is 2.43 bits per heavy atom. The summed E-state index contributed by atoms with van der Waals surface area (Å²) in [7, 11) is -1.94. The van der Waals surface area contributed by atoms with Crippen molar-refractivity contribution in [3.63, 3.8) is 0 Å². The average Bonchev–Trinajstić information content (AvgIpc) is 2.75. The Balaban J connectivity index is 2.07. The fourth-order valence-corrected chi connectivity index (χ4v) is 3.65. The number of benzene rings is 1. The fourth-order valence-electron chi connectivity index (χ4n) is 2.90. The first-order valence-electron chi connectivity index (χ1n) is 7.81. The van der Waals surface area contributed by atoms with E-state index in [0.717, 1.165) is 17.8 Å². The van der Waals surface area contributed by atoms with Crippen molar-refractivity contribution in [1.82, 2.24) is 4.72 Å². The predicted molar refractivity (Wildman–Crippen MR) is 87.1 cm³/mol. The molecule has 0 bridgehead atoms. The van der Waals surface area contributed by atoms with Crippen LogP contribution in [0.4, 0.5) is 5.69 Å². The van der Waals surface area contributed by atoms with Gasteiger partial charge in [0.05, 0.1) is 4.90 Å². The van der Waals surface area contributed by atoms with Crippen molar-refractivity contribution in [1.29, 1.82) is 0 Å². The summed E-state index contributed by atoms with van der Waals surface area (Å²) in [5.74, 6) is 0.705. The SMILES string of the molecule is CNS(=O)(=O)c1ccc(C)c(NCC2CCCCCC2)c1. The molecule has 21 heavy (non-hydrogen) atoms. The Labute approximate surface area is 128 Å². The molecule has 1 aliphatic rings. The highest BCUT2D eigenvalue weighted by atomic mass is 32.2. The number of anilines is 1. The summed E-state index contributed by atoms with van der Waals surface area (Å²) in [5.41, 5.74) is 2.01. The monoisotopic (exact) mass is 310 g/mol. The third-order valence-electron chi connectivity index (χ3n) is 4.34. The number of sulfonamides is 1. The molecule has 0 saturated heterocycles. The highest BCUT2D eigenvalue weighted by molar-refractivity contribution is 7.89. The van der Waals surface area contributed by atoms with Crippen molar-refractivity contribution >= 4 is 15.7 Å². The van der Waals surface area contributed by atoms with E-state index in [2.05, 4.69) is 10.0 Å². The van der Waals surface area contributed by atoms with Crippen LogP contribution in [0.1, 0.15) is 44.1 Å². The molecule has 1 fully saturated rings. The lowest BCUT2D eigenvalue weighted by Crippen LogP contribution is -2.19. The summed E-state index contributed by atoms with van der Waals surface area (Å²) < 4.78 is 26.1. The summed E-state index contributed by atoms with van der Waals surface area (Å²) in [6.45, 7) is 2.94. The van der Waals surface area contributed by atoms with Crippen LogP contribution in [-0.2, 0) is 10.0 Å². The minimum absolute atomic E-state index is 0.318. The first-order valence-corrected chi connectivity index (χ1v) is 9.29. The third kappa shape index (κ3) is 4.45. The molecule has 5 heteroatoms. The van der Waals surface area contributed by atoms with Crippen LogP contribution in [0.2, 0.25) is 0 Å². The van der Waals surface area contributed by atoms with E-state index in [9.17, 15) is 8.42 Å². The molecule has 4 nitrogen and oxygen atoms in total. The Kier molecular flexibility index (Phi) is 5.65. The topological polar surface area (TPSA) is 58.2 Å². The Morgan fingerprint density at radius 2 is 1.81 bits per heavy atom. The van der Waals surface area contributed by atoms with E-state index in [-0.39, 0.29) is 0 Å². The molecular weight excluding hydrogens is 284 g/mol. The minimum Gasteiger partial charge on any atom is -0.385 e. The Hall–Kier alpha value is -1.07. The zero-order chi connectivity index (χ0) is 15.3. The van der Waals surface area contributed by atoms with Crippen LogP contribution in [0.5, 0.6) is 0 Å². The fraction of sp³-hybridized carbons (Fsp3) is 0.625. The molecule has 1 aliphatic carbocycles. The van der Waals surface area contributed by atoms with E-state index < -0.39 is 10.0 Å². The van der Waals surface area contributed by atoms with Gasteiger partial charge in [0.1, 0.15) is 0 Å². The van der Waals surface area contributed by atoms with E-state index in [1.165, 1.54) is 45.6 Å². The van der Waals surface area contributed by atoms with Crippen molar-refractivity contribution in [3.05, 3.63) is 23.8 Å². The van der Waals surface area contributed by atoms with Gasteiger partial charge in [0.25, 0.3) is 0 Å². The van der Waals surface area contributed by atoms with Gasteiger partial charge in [0.2, 0.25) is 10.0 Å². The smallest absolute Gasteiger partial charge is 0.240 e. The maximum absolute atomic E-state index is 11.9. The molecule has 0 heterocycles. The molecule has 2 rings (SSSR count). The third-order valence-corrected chi connectivity index (χ3v) is 5.76. The van der Waals surface area contributed by atoms with Crippen molar-refractivity contribution in [2.75, 3.05) is 18.9 Å². The Morgan fingerprint density at radius 1 is 1.14 bits per heavy atom. The quantitative estimate of drug-likeness (QED) is 0.821. The molecule has 118 valence electrons. The number of nitrogens with one attached hydrogen (secondary N) is 2. The minimum atomic E-state index is -3.38. The van der Waals surface area contributed by atoms with Gasteiger partial charge < -0.3 is 5.32 Å². The molecule has 0 aromatic heterocycles. The summed E-state index contributed by atoms with van der Waals surface area (Å²) in [5, 5.41) is 3.45. The lowest BCUT2D eigenvalue weighted by atomic mass is 10.0. The summed E-state index contributed by atoms with van der Waals surface area (Å²) >= 11 is 0. The second kappa shape index (κ2) is 7.27. The first kappa shape index (κ1) is 16.3. The van der Waals surface area contributed by atoms with Crippen molar-refractivity contribution in [2.24, 2.45) is 5.92 Å². The highest BCUT2D eigenvalue weighted by Gasteiger charge is 2.15. The standard InChI is InChI=1S/C16H26N2O2S/c1-13-9-10-15(21(19,20)17-2)11-16(13)18-12-14-7-5-3-4-6-8-14/h9-11,14,17-18H,3-8,12H2,1-2H3. The average molecular weight is 310 g/mol. The highest BCUT2D eigenvalue weighted by Crippen LogP contribution is 2.25. The number of rotatable bonds is 5. The van der Waals surface area contributed by atoms with Crippen molar-refractivity contribution < 1.29 is 8.42 Å². The van der Waals surface area contributed by atoms with Crippen molar-refractivity contribution in [2.45, 2.75) is 50.3 Å². The zero-order valence-electron chi connectivity index (χ0n) is 13.0. The zero-order valence-corrected chi connectivity index (χ0v) is 13.8. The lowest BCUT2D eigenvalue weighted by Gasteiger charge is -2.17. The predicted octanol–water partition coefficient (Wildman–Crippen LogP) is 3.29. The van der Waals surface area contributed by atoms with Crippen LogP contribution < -0.4 is 10.0 Å². The Bertz CT molecular complexity index is 562. The number of hydrogen-bond donors (Lipinski definition) is 2. The molecule has 0 amide bonds. The number of aryl methyl sites for hydroxylation is 1. The second-order valence-corrected chi connectivity index (χ2v) is 7.81. The van der Waals surface area contributed by atoms with Crippen LogP contribution in [0.3, 0.4) is 0 Å². The van der Waals surface area contributed by atoms with Crippen LogP contribution in [0.15, 0.2) is 23.1 Å². The van der Waals surface area contributed by atoms with Gasteiger partial charge in [-0.1, -0.05) is 31.7 Å². The normalized spacial score (nSPS) is 17.4. The van der Waals surface area contributed by atoms with Gasteiger partial charge in [0, 0.05) is 12.2 Å². The van der Waals surface area contributed by atoms with Crippen LogP contribution in [0, 0.1) is 12.8 Å². The van der Waals surface area contributed by atoms with Gasteiger partial charge in [-0.3, -0.25) is 0 Å². The largest absolute Gasteiger partial charge is 0.385 e. The van der Waals surface area contributed by atoms with Crippen LogP contribution in [0.25, 0.3) is 0 Å². The molecule has 2 N–H and O–H groups in total. The van der Waals surface area contributed by atoms with Crippen molar-refractivity contribution in [3.8, 4) is 0 Å². The van der Waals surface area contributed by atoms with Gasteiger partial charge in [0.15, 0.2) is 0 Å². The summed E-state index contributed by atoms with van der Waals surface area (Å²) in [6, 6.07) is 5.25. The second-order valence-electron chi connectivity index (χ2n) is 5.92. The van der Waals surface area contributed by atoms with E-state index >= 15 is 0 Å². The van der Waals surface area contributed by atoms with E-state index in [0.29, 0.717) is 10.8 Å². The van der Waals surface area contributed by atoms with Gasteiger partial charge in [-0.2, -0.15) is 0 Å². The lowest BCUT2D eigenvalue weighted by molar-refractivity contribution is 0.483. The van der Waals surface area contributed by atoms with E-state index in [1.54, 1.807) is 12.1 Å². The molecule has 1 aromatic carbocycles.